The van der Waals surface area contributed by atoms with Crippen molar-refractivity contribution in [2.75, 3.05) is 46.8 Å². The Morgan fingerprint density at radius 1 is 1.35 bits per heavy atom. The summed E-state index contributed by atoms with van der Waals surface area (Å²) in [5, 5.41) is 3.45. The van der Waals surface area contributed by atoms with Crippen LogP contribution in [0.4, 0.5) is 0 Å². The van der Waals surface area contributed by atoms with Crippen molar-refractivity contribution in [3.63, 3.8) is 0 Å². The van der Waals surface area contributed by atoms with Crippen LogP contribution in [0.2, 0.25) is 0 Å². The van der Waals surface area contributed by atoms with Crippen LogP contribution in [0.3, 0.4) is 0 Å². The quantitative estimate of drug-likeness (QED) is 0.620. The first-order valence-corrected chi connectivity index (χ1v) is 7.83. The summed E-state index contributed by atoms with van der Waals surface area (Å²) >= 11 is 0. The number of hydrogen-bond donors (Lipinski definition) is 1. The van der Waals surface area contributed by atoms with Gasteiger partial charge in [-0.05, 0) is 38.3 Å². The normalized spacial score (nSPS) is 19.8. The average molecular weight is 282 g/mol. The van der Waals surface area contributed by atoms with Gasteiger partial charge in [-0.25, -0.2) is 0 Å². The molecule has 1 rings (SSSR count). The number of rotatable bonds is 5. The number of nitrogens with zero attached hydrogens (tertiary/aromatic N) is 3. The largest absolute Gasteiger partial charge is 0.357 e. The van der Waals surface area contributed by atoms with Crippen LogP contribution >= 0.6 is 0 Å². The molecule has 0 radical (unpaired) electrons. The summed E-state index contributed by atoms with van der Waals surface area (Å²) in [5.41, 5.74) is 0.620. The first-order chi connectivity index (χ1) is 9.15. The minimum Gasteiger partial charge on any atom is -0.357 e. The van der Waals surface area contributed by atoms with E-state index in [2.05, 4.69) is 63.8 Å². The minimum absolute atomic E-state index is 0.208. The lowest BCUT2D eigenvalue weighted by molar-refractivity contribution is 0.248. The van der Waals surface area contributed by atoms with Crippen LogP contribution < -0.4 is 5.32 Å². The van der Waals surface area contributed by atoms with Crippen molar-refractivity contribution in [3.05, 3.63) is 0 Å². The molecular weight excluding hydrogens is 248 g/mol. The van der Waals surface area contributed by atoms with E-state index < -0.39 is 0 Å². The fourth-order valence-corrected chi connectivity index (χ4v) is 2.91. The molecule has 0 aromatic heterocycles. The summed E-state index contributed by atoms with van der Waals surface area (Å²) in [4.78, 5) is 9.54. The zero-order chi connectivity index (χ0) is 15.4. The highest BCUT2D eigenvalue weighted by atomic mass is 15.3. The van der Waals surface area contributed by atoms with Crippen LogP contribution in [0, 0.1) is 10.8 Å². The van der Waals surface area contributed by atoms with Gasteiger partial charge >= 0.3 is 0 Å². The van der Waals surface area contributed by atoms with E-state index in [1.165, 1.54) is 6.42 Å². The van der Waals surface area contributed by atoms with Gasteiger partial charge in [0.2, 0.25) is 0 Å². The van der Waals surface area contributed by atoms with E-state index in [1.54, 1.807) is 0 Å². The van der Waals surface area contributed by atoms with Crippen molar-refractivity contribution in [3.8, 4) is 0 Å². The van der Waals surface area contributed by atoms with E-state index in [0.717, 1.165) is 38.7 Å². The molecule has 1 fully saturated rings. The van der Waals surface area contributed by atoms with E-state index in [4.69, 9.17) is 4.99 Å². The van der Waals surface area contributed by atoms with Crippen molar-refractivity contribution in [2.24, 2.45) is 15.8 Å². The second-order valence-electron chi connectivity index (χ2n) is 7.91. The Bertz CT molecular complexity index is 331. The molecule has 118 valence electrons. The molecule has 0 spiro atoms. The van der Waals surface area contributed by atoms with Crippen molar-refractivity contribution >= 4 is 5.96 Å². The van der Waals surface area contributed by atoms with Gasteiger partial charge in [0.25, 0.3) is 0 Å². The molecule has 0 aromatic rings. The van der Waals surface area contributed by atoms with Gasteiger partial charge < -0.3 is 15.1 Å². The first-order valence-electron chi connectivity index (χ1n) is 7.83. The Morgan fingerprint density at radius 2 is 2.00 bits per heavy atom. The van der Waals surface area contributed by atoms with Crippen molar-refractivity contribution < 1.29 is 0 Å². The molecule has 0 bridgehead atoms. The number of hydrogen-bond acceptors (Lipinski definition) is 2. The zero-order valence-corrected chi connectivity index (χ0v) is 14.6. The van der Waals surface area contributed by atoms with Crippen molar-refractivity contribution in [1.29, 1.82) is 0 Å². The molecule has 4 heteroatoms. The lowest BCUT2D eigenvalue weighted by atomic mass is 9.93. The highest BCUT2D eigenvalue weighted by molar-refractivity contribution is 5.80. The molecule has 0 unspecified atom stereocenters. The topological polar surface area (TPSA) is 30.9 Å². The Hall–Kier alpha value is -0.770. The standard InChI is InChI=1S/C16H34N4/c1-8-17-14(20-10-9-15(2,3)13-20)18-11-16(4,5)12-19(6)7/h8-13H2,1-7H3,(H,17,18). The number of guanidine groups is 1. The van der Waals surface area contributed by atoms with Crippen LogP contribution in [-0.2, 0) is 0 Å². The Labute approximate surface area is 125 Å². The van der Waals surface area contributed by atoms with Crippen LogP contribution in [0.15, 0.2) is 4.99 Å². The number of likely N-dealkylation sites (tertiary alicyclic amines) is 1. The van der Waals surface area contributed by atoms with E-state index in [9.17, 15) is 0 Å². The third kappa shape index (κ3) is 5.70. The molecule has 0 saturated carbocycles. The summed E-state index contributed by atoms with van der Waals surface area (Å²) in [6.07, 6.45) is 1.25. The van der Waals surface area contributed by atoms with Crippen LogP contribution in [0.25, 0.3) is 0 Å². The smallest absolute Gasteiger partial charge is 0.193 e. The Morgan fingerprint density at radius 3 is 2.45 bits per heavy atom. The predicted octanol–water partition coefficient (Wildman–Crippen LogP) is 2.27. The molecule has 1 N–H and O–H groups in total. The van der Waals surface area contributed by atoms with Gasteiger partial charge in [-0.2, -0.15) is 0 Å². The zero-order valence-electron chi connectivity index (χ0n) is 14.6. The first kappa shape index (κ1) is 17.3. The molecule has 1 aliphatic rings. The van der Waals surface area contributed by atoms with Crippen molar-refractivity contribution in [1.82, 2.24) is 15.1 Å². The highest BCUT2D eigenvalue weighted by Crippen LogP contribution is 2.28. The van der Waals surface area contributed by atoms with Gasteiger partial charge in [-0.15, -0.1) is 0 Å². The van der Waals surface area contributed by atoms with Crippen LogP contribution in [-0.4, -0.2) is 62.6 Å². The third-order valence-corrected chi connectivity index (χ3v) is 3.71. The predicted molar refractivity (Wildman–Crippen MR) is 88.3 cm³/mol. The maximum absolute atomic E-state index is 4.89. The Balaban J connectivity index is 2.68. The van der Waals surface area contributed by atoms with Gasteiger partial charge in [-0.1, -0.05) is 27.7 Å². The molecule has 1 saturated heterocycles. The Kier molecular flexibility index (Phi) is 5.87. The molecule has 0 aromatic carbocycles. The molecular formula is C16H34N4. The molecule has 0 aliphatic carbocycles. The molecule has 4 nitrogen and oxygen atoms in total. The second kappa shape index (κ2) is 6.79. The van der Waals surface area contributed by atoms with Gasteiger partial charge in [0.1, 0.15) is 0 Å². The maximum atomic E-state index is 4.89. The molecule has 1 heterocycles. The van der Waals surface area contributed by atoms with Gasteiger partial charge in [0, 0.05) is 32.7 Å². The van der Waals surface area contributed by atoms with Gasteiger partial charge in [-0.3, -0.25) is 4.99 Å². The summed E-state index contributed by atoms with van der Waals surface area (Å²) < 4.78 is 0. The van der Waals surface area contributed by atoms with Gasteiger partial charge in [0.15, 0.2) is 5.96 Å². The minimum atomic E-state index is 0.208. The summed E-state index contributed by atoms with van der Waals surface area (Å²) in [6.45, 7) is 16.5. The number of aliphatic imine (C=N–C) groups is 1. The monoisotopic (exact) mass is 282 g/mol. The fourth-order valence-electron chi connectivity index (χ4n) is 2.91. The highest BCUT2D eigenvalue weighted by Gasteiger charge is 2.31. The summed E-state index contributed by atoms with van der Waals surface area (Å²) in [5.74, 6) is 1.09. The SMILES string of the molecule is CCNC(=NCC(C)(C)CN(C)C)N1CCC(C)(C)C1. The van der Waals surface area contributed by atoms with E-state index >= 15 is 0 Å². The second-order valence-corrected chi connectivity index (χ2v) is 7.91. The maximum Gasteiger partial charge on any atom is 0.193 e. The van der Waals surface area contributed by atoms with Crippen LogP contribution in [0.1, 0.15) is 41.0 Å². The van der Waals surface area contributed by atoms with E-state index in [1.807, 2.05) is 0 Å². The summed E-state index contributed by atoms with van der Waals surface area (Å²) in [7, 11) is 4.25. The fraction of sp³-hybridized carbons (Fsp3) is 0.938. The lowest BCUT2D eigenvalue weighted by Crippen LogP contribution is -2.42. The van der Waals surface area contributed by atoms with Gasteiger partial charge in [0.05, 0.1) is 0 Å². The van der Waals surface area contributed by atoms with E-state index in [0.29, 0.717) is 5.41 Å². The third-order valence-electron chi connectivity index (χ3n) is 3.71. The molecule has 0 atom stereocenters. The van der Waals surface area contributed by atoms with Crippen molar-refractivity contribution in [2.45, 2.75) is 41.0 Å². The molecule has 1 aliphatic heterocycles. The lowest BCUT2D eigenvalue weighted by Gasteiger charge is -2.28. The molecule has 0 amide bonds. The van der Waals surface area contributed by atoms with Crippen LogP contribution in [0.5, 0.6) is 0 Å². The summed E-state index contributed by atoms with van der Waals surface area (Å²) in [6, 6.07) is 0. The van der Waals surface area contributed by atoms with E-state index in [-0.39, 0.29) is 5.41 Å². The molecule has 20 heavy (non-hydrogen) atoms. The average Bonchev–Trinajstić information content (AvgIpc) is 2.63. The number of nitrogens with one attached hydrogen (secondary N) is 1.